The van der Waals surface area contributed by atoms with Crippen molar-refractivity contribution in [1.29, 1.82) is 0 Å². The third kappa shape index (κ3) is 2.04. The molecule has 1 aromatic heterocycles. The first-order valence-electron chi connectivity index (χ1n) is 4.34. The molecule has 1 atom stereocenters. The minimum Gasteiger partial charge on any atom is -0.321 e. The molecule has 0 spiro atoms. The Labute approximate surface area is 78.0 Å². The van der Waals surface area contributed by atoms with Gasteiger partial charge in [0.05, 0.1) is 6.20 Å². The van der Waals surface area contributed by atoms with Gasteiger partial charge in [-0.05, 0) is 24.5 Å². The van der Waals surface area contributed by atoms with Crippen LogP contribution in [0.3, 0.4) is 0 Å². The van der Waals surface area contributed by atoms with E-state index in [2.05, 4.69) is 4.98 Å². The molecule has 1 rings (SSSR count). The van der Waals surface area contributed by atoms with Gasteiger partial charge < -0.3 is 5.73 Å². The van der Waals surface area contributed by atoms with Crippen molar-refractivity contribution < 1.29 is 4.39 Å². The molecular weight excluding hydrogens is 167 g/mol. The normalized spacial score (nSPS) is 15.8. The summed E-state index contributed by atoms with van der Waals surface area (Å²) in [6.07, 6.45) is 2.79. The Bertz CT molecular complexity index is 295. The standard InChI is InChI=1S/C10H15FN2/c1-7(2)10(3,12)8-4-9(11)6-13-5-8/h4-7H,12H2,1-3H3. The highest BCUT2D eigenvalue weighted by molar-refractivity contribution is 5.20. The highest BCUT2D eigenvalue weighted by atomic mass is 19.1. The van der Waals surface area contributed by atoms with Crippen LogP contribution < -0.4 is 5.73 Å². The quantitative estimate of drug-likeness (QED) is 0.760. The number of nitrogens with zero attached hydrogens (tertiary/aromatic N) is 1. The molecule has 3 heteroatoms. The van der Waals surface area contributed by atoms with Crippen LogP contribution >= 0.6 is 0 Å². The van der Waals surface area contributed by atoms with Crippen LogP contribution in [0.15, 0.2) is 18.5 Å². The predicted octanol–water partition coefficient (Wildman–Crippen LogP) is 2.05. The largest absolute Gasteiger partial charge is 0.321 e. The summed E-state index contributed by atoms with van der Waals surface area (Å²) < 4.78 is 12.8. The van der Waals surface area contributed by atoms with Crippen molar-refractivity contribution in [2.24, 2.45) is 11.7 Å². The van der Waals surface area contributed by atoms with Crippen LogP contribution in [-0.2, 0) is 5.54 Å². The lowest BCUT2D eigenvalue weighted by Gasteiger charge is -2.29. The Morgan fingerprint density at radius 3 is 2.54 bits per heavy atom. The van der Waals surface area contributed by atoms with E-state index in [1.54, 1.807) is 6.20 Å². The van der Waals surface area contributed by atoms with Crippen LogP contribution in [0.1, 0.15) is 26.3 Å². The third-order valence-corrected chi connectivity index (χ3v) is 2.53. The molecule has 1 aromatic rings. The zero-order valence-electron chi connectivity index (χ0n) is 8.21. The van der Waals surface area contributed by atoms with Crippen LogP contribution in [0.5, 0.6) is 0 Å². The van der Waals surface area contributed by atoms with Crippen LogP contribution in [0.2, 0.25) is 0 Å². The molecule has 72 valence electrons. The van der Waals surface area contributed by atoms with Gasteiger partial charge in [0, 0.05) is 11.7 Å². The molecule has 0 aromatic carbocycles. The molecule has 0 saturated carbocycles. The molecule has 0 amide bonds. The summed E-state index contributed by atoms with van der Waals surface area (Å²) in [4.78, 5) is 3.78. The van der Waals surface area contributed by atoms with E-state index < -0.39 is 5.54 Å². The van der Waals surface area contributed by atoms with E-state index in [0.29, 0.717) is 0 Å². The number of nitrogens with two attached hydrogens (primary N) is 1. The van der Waals surface area contributed by atoms with Crippen molar-refractivity contribution >= 4 is 0 Å². The molecule has 0 aliphatic rings. The summed E-state index contributed by atoms with van der Waals surface area (Å²) in [6, 6.07) is 1.44. The smallest absolute Gasteiger partial charge is 0.141 e. The number of aromatic nitrogens is 1. The van der Waals surface area contributed by atoms with Gasteiger partial charge in [0.15, 0.2) is 0 Å². The molecule has 0 radical (unpaired) electrons. The molecule has 13 heavy (non-hydrogen) atoms. The fraction of sp³-hybridized carbons (Fsp3) is 0.500. The number of rotatable bonds is 2. The number of pyridine rings is 1. The number of hydrogen-bond acceptors (Lipinski definition) is 2. The Kier molecular flexibility index (Phi) is 2.66. The first kappa shape index (κ1) is 10.1. The summed E-state index contributed by atoms with van der Waals surface area (Å²) in [7, 11) is 0. The molecule has 2 nitrogen and oxygen atoms in total. The zero-order valence-corrected chi connectivity index (χ0v) is 8.21. The summed E-state index contributed by atoms with van der Waals surface area (Å²) in [5.41, 5.74) is 6.26. The monoisotopic (exact) mass is 182 g/mol. The second kappa shape index (κ2) is 3.42. The van der Waals surface area contributed by atoms with Gasteiger partial charge >= 0.3 is 0 Å². The molecule has 0 bridgehead atoms. The topological polar surface area (TPSA) is 38.9 Å². The Morgan fingerprint density at radius 2 is 2.08 bits per heavy atom. The maximum Gasteiger partial charge on any atom is 0.141 e. The number of hydrogen-bond donors (Lipinski definition) is 1. The van der Waals surface area contributed by atoms with E-state index >= 15 is 0 Å². The maximum atomic E-state index is 12.8. The molecule has 0 fully saturated rings. The van der Waals surface area contributed by atoms with Crippen molar-refractivity contribution in [2.75, 3.05) is 0 Å². The van der Waals surface area contributed by atoms with E-state index in [1.165, 1.54) is 12.3 Å². The van der Waals surface area contributed by atoms with Crippen molar-refractivity contribution in [3.05, 3.63) is 29.8 Å². The van der Waals surface area contributed by atoms with Gasteiger partial charge in [0.1, 0.15) is 5.82 Å². The summed E-state index contributed by atoms with van der Waals surface area (Å²) in [6.45, 7) is 5.89. The summed E-state index contributed by atoms with van der Waals surface area (Å²) in [5.74, 6) is -0.0917. The molecule has 0 saturated heterocycles. The van der Waals surface area contributed by atoms with Gasteiger partial charge in [-0.25, -0.2) is 4.39 Å². The lowest BCUT2D eigenvalue weighted by atomic mass is 9.83. The van der Waals surface area contributed by atoms with Crippen molar-refractivity contribution in [3.8, 4) is 0 Å². The van der Waals surface area contributed by atoms with Crippen molar-refractivity contribution in [2.45, 2.75) is 26.3 Å². The fourth-order valence-corrected chi connectivity index (χ4v) is 1.04. The highest BCUT2D eigenvalue weighted by Crippen LogP contribution is 2.25. The van der Waals surface area contributed by atoms with Gasteiger partial charge in [0.2, 0.25) is 0 Å². The first-order valence-corrected chi connectivity index (χ1v) is 4.34. The van der Waals surface area contributed by atoms with Gasteiger partial charge in [0.25, 0.3) is 0 Å². The molecule has 2 N–H and O–H groups in total. The van der Waals surface area contributed by atoms with E-state index in [9.17, 15) is 4.39 Å². The minimum atomic E-state index is -0.519. The molecule has 1 heterocycles. The molecule has 0 aliphatic carbocycles. The molecule has 1 unspecified atom stereocenters. The van der Waals surface area contributed by atoms with Crippen LogP contribution in [-0.4, -0.2) is 4.98 Å². The Morgan fingerprint density at radius 1 is 1.46 bits per heavy atom. The van der Waals surface area contributed by atoms with Gasteiger partial charge in [-0.1, -0.05) is 13.8 Å². The Balaban J connectivity index is 3.07. The van der Waals surface area contributed by atoms with Crippen LogP contribution in [0, 0.1) is 11.7 Å². The van der Waals surface area contributed by atoms with Gasteiger partial charge in [-0.2, -0.15) is 0 Å². The minimum absolute atomic E-state index is 0.246. The van der Waals surface area contributed by atoms with Gasteiger partial charge in [-0.3, -0.25) is 4.98 Å². The van der Waals surface area contributed by atoms with Gasteiger partial charge in [-0.15, -0.1) is 0 Å². The average Bonchev–Trinajstić information content (AvgIpc) is 2.04. The zero-order chi connectivity index (χ0) is 10.1. The van der Waals surface area contributed by atoms with E-state index in [0.717, 1.165) is 5.56 Å². The molecular formula is C10H15FN2. The lowest BCUT2D eigenvalue weighted by Crippen LogP contribution is -2.38. The van der Waals surface area contributed by atoms with Crippen LogP contribution in [0.4, 0.5) is 4.39 Å². The second-order valence-electron chi connectivity index (χ2n) is 3.83. The maximum absolute atomic E-state index is 12.8. The van der Waals surface area contributed by atoms with E-state index in [-0.39, 0.29) is 11.7 Å². The third-order valence-electron chi connectivity index (χ3n) is 2.53. The fourth-order valence-electron chi connectivity index (χ4n) is 1.04. The summed E-state index contributed by atoms with van der Waals surface area (Å²) >= 11 is 0. The van der Waals surface area contributed by atoms with E-state index in [4.69, 9.17) is 5.73 Å². The summed E-state index contributed by atoms with van der Waals surface area (Å²) in [5, 5.41) is 0. The lowest BCUT2D eigenvalue weighted by molar-refractivity contribution is 0.348. The predicted molar refractivity (Wildman–Crippen MR) is 50.6 cm³/mol. The Hall–Kier alpha value is -0.960. The SMILES string of the molecule is CC(C)C(C)(N)c1cncc(F)c1. The van der Waals surface area contributed by atoms with E-state index in [1.807, 2.05) is 20.8 Å². The number of halogens is 1. The second-order valence-corrected chi connectivity index (χ2v) is 3.83. The molecule has 0 aliphatic heterocycles. The van der Waals surface area contributed by atoms with Crippen molar-refractivity contribution in [3.63, 3.8) is 0 Å². The van der Waals surface area contributed by atoms with Crippen molar-refractivity contribution in [1.82, 2.24) is 4.98 Å². The first-order chi connectivity index (χ1) is 5.94. The van der Waals surface area contributed by atoms with Crippen LogP contribution in [0.25, 0.3) is 0 Å². The highest BCUT2D eigenvalue weighted by Gasteiger charge is 2.25. The average molecular weight is 182 g/mol.